The third-order valence-electron chi connectivity index (χ3n) is 8.38. The molecule has 1 aromatic carbocycles. The van der Waals surface area contributed by atoms with Crippen molar-refractivity contribution in [1.29, 1.82) is 0 Å². The summed E-state index contributed by atoms with van der Waals surface area (Å²) in [6.07, 6.45) is 5.29. The van der Waals surface area contributed by atoms with Crippen molar-refractivity contribution in [3.63, 3.8) is 0 Å². The molecule has 5 rings (SSSR count). The number of aromatic nitrogens is 2. The Labute approximate surface area is 235 Å². The average molecular weight is 546 g/mol. The van der Waals surface area contributed by atoms with Gasteiger partial charge in [-0.15, -0.1) is 0 Å². The number of alkyl carbamates (subject to hydrolysis) is 1. The average Bonchev–Trinajstić information content (AvgIpc) is 2.94. The molecule has 10 nitrogen and oxygen atoms in total. The van der Waals surface area contributed by atoms with Gasteiger partial charge in [0.05, 0.1) is 24.4 Å². The number of nitrogens with zero attached hydrogens (tertiary/aromatic N) is 4. The number of anilines is 2. The number of hydrogen-bond donors (Lipinski definition) is 3. The highest BCUT2D eigenvalue weighted by atomic mass is 16.5. The number of Topliss-reactive ketones (excluding diaryl/α,β-unsaturated/α-hetero) is 1. The molecule has 0 saturated carbocycles. The van der Waals surface area contributed by atoms with E-state index in [1.807, 2.05) is 19.1 Å². The number of piperidine rings is 2. The number of likely N-dealkylation sites (tertiary alicyclic amines) is 1. The molecule has 2 aromatic heterocycles. The molecule has 0 radical (unpaired) electrons. The Kier molecular flexibility index (Phi) is 8.18. The predicted octanol–water partition coefficient (Wildman–Crippen LogP) is 2.95. The Morgan fingerprint density at radius 3 is 2.65 bits per heavy atom. The maximum Gasteiger partial charge on any atom is 0.407 e. The molecule has 0 bridgehead atoms. The van der Waals surface area contributed by atoms with E-state index in [9.17, 15) is 9.59 Å². The van der Waals surface area contributed by atoms with Crippen LogP contribution in [-0.4, -0.2) is 79.2 Å². The lowest BCUT2D eigenvalue weighted by atomic mass is 9.89. The van der Waals surface area contributed by atoms with Gasteiger partial charge in [0.15, 0.2) is 5.78 Å². The van der Waals surface area contributed by atoms with Crippen molar-refractivity contribution in [2.24, 2.45) is 11.7 Å². The molecule has 2 saturated heterocycles. The minimum atomic E-state index is -0.491. The van der Waals surface area contributed by atoms with Crippen LogP contribution >= 0.6 is 0 Å². The van der Waals surface area contributed by atoms with Crippen LogP contribution < -0.4 is 21.7 Å². The summed E-state index contributed by atoms with van der Waals surface area (Å²) < 4.78 is 4.76. The summed E-state index contributed by atoms with van der Waals surface area (Å²) in [5, 5.41) is 3.78. The van der Waals surface area contributed by atoms with Gasteiger partial charge in [0.1, 0.15) is 5.69 Å². The van der Waals surface area contributed by atoms with E-state index in [0.29, 0.717) is 24.7 Å². The number of carbonyl (C=O) groups is 2. The van der Waals surface area contributed by atoms with Crippen molar-refractivity contribution in [3.8, 4) is 0 Å². The first kappa shape index (κ1) is 27.8. The second-order valence-corrected chi connectivity index (χ2v) is 11.3. The fourth-order valence-corrected chi connectivity index (χ4v) is 6.11. The molecule has 4 heterocycles. The van der Waals surface area contributed by atoms with Crippen LogP contribution in [-0.2, 0) is 11.2 Å². The number of carbonyl (C=O) groups excluding carboxylic acids is 2. The first-order valence-electron chi connectivity index (χ1n) is 13.9. The third-order valence-corrected chi connectivity index (χ3v) is 8.38. The summed E-state index contributed by atoms with van der Waals surface area (Å²) >= 11 is 0. The standard InChI is InChI=1S/C30H39N7O3/c1-18-16-37(17-24(32)28(18)35-30(39)40-3)26-6-9-33-15-22(26)14-27(38)29-23(31)12-21-5-4-20(13-25(21)34-29)19-7-10-36(2)11-8-19/h4-6,9,12-13,15,18-19,24,28H,7-8,10-11,14,16-17,31-32H2,1-3H3,(H,35,39)/t18-,24+,28-/m0/s1. The fourth-order valence-electron chi connectivity index (χ4n) is 6.11. The minimum absolute atomic E-state index is 0.0659. The first-order valence-corrected chi connectivity index (χ1v) is 13.9. The fraction of sp³-hybridized carbons (Fsp3) is 0.467. The molecular formula is C30H39N7O3. The maximum atomic E-state index is 13.6. The van der Waals surface area contributed by atoms with E-state index in [1.54, 1.807) is 12.4 Å². The molecule has 0 aliphatic carbocycles. The van der Waals surface area contributed by atoms with Crippen LogP contribution in [0.2, 0.25) is 0 Å². The Balaban J connectivity index is 1.36. The first-order chi connectivity index (χ1) is 19.2. The van der Waals surface area contributed by atoms with E-state index in [4.69, 9.17) is 21.2 Å². The maximum absolute atomic E-state index is 13.6. The molecule has 3 atom stereocenters. The van der Waals surface area contributed by atoms with Crippen molar-refractivity contribution in [3.05, 3.63) is 59.5 Å². The van der Waals surface area contributed by atoms with Crippen molar-refractivity contribution in [1.82, 2.24) is 20.2 Å². The van der Waals surface area contributed by atoms with Crippen molar-refractivity contribution in [2.75, 3.05) is 51.0 Å². The van der Waals surface area contributed by atoms with E-state index >= 15 is 0 Å². The van der Waals surface area contributed by atoms with Crippen molar-refractivity contribution < 1.29 is 14.3 Å². The number of benzene rings is 1. The zero-order valence-electron chi connectivity index (χ0n) is 23.5. The van der Waals surface area contributed by atoms with Gasteiger partial charge in [0.2, 0.25) is 0 Å². The molecule has 0 unspecified atom stereocenters. The number of hydrogen-bond acceptors (Lipinski definition) is 9. The van der Waals surface area contributed by atoms with Gasteiger partial charge in [0.25, 0.3) is 0 Å². The van der Waals surface area contributed by atoms with Gasteiger partial charge in [-0.25, -0.2) is 9.78 Å². The topological polar surface area (TPSA) is 140 Å². The zero-order chi connectivity index (χ0) is 28.4. The van der Waals surface area contributed by atoms with E-state index < -0.39 is 6.09 Å². The van der Waals surface area contributed by atoms with Gasteiger partial charge in [-0.05, 0) is 68.6 Å². The van der Waals surface area contributed by atoms with Gasteiger partial charge in [0, 0.05) is 54.6 Å². The number of rotatable bonds is 6. The van der Waals surface area contributed by atoms with E-state index in [2.05, 4.69) is 45.3 Å². The summed E-state index contributed by atoms with van der Waals surface area (Å²) in [6, 6.07) is 9.57. The number of pyridine rings is 2. The third kappa shape index (κ3) is 5.88. The highest BCUT2D eigenvalue weighted by Gasteiger charge is 2.34. The summed E-state index contributed by atoms with van der Waals surface area (Å²) in [7, 11) is 3.50. The van der Waals surface area contributed by atoms with Gasteiger partial charge < -0.3 is 31.3 Å². The Morgan fingerprint density at radius 2 is 1.93 bits per heavy atom. The number of nitrogens with two attached hydrogens (primary N) is 2. The molecule has 3 aromatic rings. The summed E-state index contributed by atoms with van der Waals surface area (Å²) in [5.41, 5.74) is 17.2. The summed E-state index contributed by atoms with van der Waals surface area (Å²) in [5.74, 6) is 0.409. The van der Waals surface area contributed by atoms with Crippen LogP contribution in [0, 0.1) is 5.92 Å². The van der Waals surface area contributed by atoms with E-state index in [1.165, 1.54) is 12.7 Å². The molecular weight excluding hydrogens is 506 g/mol. The van der Waals surface area contributed by atoms with Crippen LogP contribution in [0.1, 0.15) is 47.3 Å². The summed E-state index contributed by atoms with van der Waals surface area (Å²) in [6.45, 7) is 5.37. The smallest absolute Gasteiger partial charge is 0.407 e. The monoisotopic (exact) mass is 545 g/mol. The van der Waals surface area contributed by atoms with Crippen molar-refractivity contribution >= 4 is 34.2 Å². The van der Waals surface area contributed by atoms with E-state index in [-0.39, 0.29) is 35.9 Å². The predicted molar refractivity (Wildman–Crippen MR) is 157 cm³/mol. The second kappa shape index (κ2) is 11.8. The van der Waals surface area contributed by atoms with Gasteiger partial charge in [-0.1, -0.05) is 19.1 Å². The second-order valence-electron chi connectivity index (χ2n) is 11.3. The van der Waals surface area contributed by atoms with Gasteiger partial charge in [-0.3, -0.25) is 9.78 Å². The molecule has 5 N–H and O–H groups in total. The quantitative estimate of drug-likeness (QED) is 0.399. The van der Waals surface area contributed by atoms with Crippen LogP contribution in [0.25, 0.3) is 10.9 Å². The van der Waals surface area contributed by atoms with E-state index in [0.717, 1.165) is 48.1 Å². The number of ketones is 1. The lowest BCUT2D eigenvalue weighted by Crippen LogP contribution is -2.62. The number of amides is 1. The van der Waals surface area contributed by atoms with Gasteiger partial charge >= 0.3 is 6.09 Å². The highest BCUT2D eigenvalue weighted by molar-refractivity contribution is 6.03. The van der Waals surface area contributed by atoms with Crippen LogP contribution in [0.3, 0.4) is 0 Å². The minimum Gasteiger partial charge on any atom is -0.453 e. The number of ether oxygens (including phenoxy) is 1. The normalized spacial score (nSPS) is 22.3. The van der Waals surface area contributed by atoms with Crippen molar-refractivity contribution in [2.45, 2.75) is 44.2 Å². The molecule has 2 aliphatic rings. The lowest BCUT2D eigenvalue weighted by Gasteiger charge is -2.42. The molecule has 10 heteroatoms. The molecule has 2 aliphatic heterocycles. The number of methoxy groups -OCH3 is 1. The highest BCUT2D eigenvalue weighted by Crippen LogP contribution is 2.31. The number of fused-ring (bicyclic) bond motifs is 1. The Hall–Kier alpha value is -3.76. The van der Waals surface area contributed by atoms with Gasteiger partial charge in [-0.2, -0.15) is 0 Å². The lowest BCUT2D eigenvalue weighted by molar-refractivity contribution is 0.0989. The van der Waals surface area contributed by atoms with Crippen LogP contribution in [0.15, 0.2) is 42.7 Å². The molecule has 40 heavy (non-hydrogen) atoms. The SMILES string of the molecule is COC(=O)N[C@@H]1[C@H](N)CN(c2ccncc2CC(=O)c2nc3cc(C4CCN(C)CC4)ccc3cc2N)C[C@@H]1C. The molecule has 212 valence electrons. The largest absolute Gasteiger partial charge is 0.453 e. The zero-order valence-corrected chi connectivity index (χ0v) is 23.5. The van der Waals surface area contributed by atoms with Crippen LogP contribution in [0.4, 0.5) is 16.2 Å². The number of nitrogens with one attached hydrogen (secondary N) is 1. The Morgan fingerprint density at radius 1 is 1.15 bits per heavy atom. The molecule has 0 spiro atoms. The molecule has 1 amide bonds. The van der Waals surface area contributed by atoms with Crippen LogP contribution in [0.5, 0.6) is 0 Å². The Bertz CT molecular complexity index is 1380. The summed E-state index contributed by atoms with van der Waals surface area (Å²) in [4.78, 5) is 38.9. The number of nitrogen functional groups attached to an aromatic ring is 1. The molecule has 2 fully saturated rings.